The summed E-state index contributed by atoms with van der Waals surface area (Å²) in [5, 5.41) is 7.57. The van der Waals surface area contributed by atoms with Gasteiger partial charge in [0.2, 0.25) is 0 Å². The van der Waals surface area contributed by atoms with E-state index in [1.807, 2.05) is 24.3 Å². The van der Waals surface area contributed by atoms with Crippen LogP contribution < -0.4 is 11.3 Å². The minimum Gasteiger partial charge on any atom is -0.324 e. The predicted molar refractivity (Wildman–Crippen MR) is 56.4 cm³/mol. The third-order valence-corrected chi connectivity index (χ3v) is 1.72. The molecule has 3 N–H and O–H groups in total. The van der Waals surface area contributed by atoms with Gasteiger partial charge in [-0.15, -0.1) is 17.5 Å². The Morgan fingerprint density at radius 2 is 1.93 bits per heavy atom. The van der Waals surface area contributed by atoms with Crippen LogP contribution in [-0.2, 0) is 0 Å². The number of aromatic nitrogens is 3. The van der Waals surface area contributed by atoms with Crippen molar-refractivity contribution in [2.45, 2.75) is 0 Å². The Kier molecular flexibility index (Phi) is 3.44. The SMILES string of the molecule is Cl.NNc1ccc(-n2ccnn2)cc1. The minimum absolute atomic E-state index is 0. The Balaban J connectivity index is 0.000000980. The Hall–Kier alpha value is -1.59. The van der Waals surface area contributed by atoms with E-state index in [-0.39, 0.29) is 12.4 Å². The molecule has 0 saturated heterocycles. The molecule has 1 aromatic carbocycles. The number of rotatable bonds is 2. The first-order chi connectivity index (χ1) is 6.40. The number of nitrogen functional groups attached to an aromatic ring is 1. The molecule has 6 heteroatoms. The molecule has 0 amide bonds. The van der Waals surface area contributed by atoms with Crippen LogP contribution in [0, 0.1) is 0 Å². The molecule has 0 aliphatic rings. The first kappa shape index (κ1) is 10.5. The van der Waals surface area contributed by atoms with Gasteiger partial charge in [0.15, 0.2) is 0 Å². The first-order valence-electron chi connectivity index (χ1n) is 3.83. The molecule has 2 rings (SSSR count). The molecule has 1 heterocycles. The molecule has 0 radical (unpaired) electrons. The van der Waals surface area contributed by atoms with Gasteiger partial charge in [-0.2, -0.15) is 0 Å². The van der Waals surface area contributed by atoms with E-state index in [0.717, 1.165) is 11.4 Å². The van der Waals surface area contributed by atoms with Crippen molar-refractivity contribution in [3.05, 3.63) is 36.7 Å². The number of nitrogens with two attached hydrogens (primary N) is 1. The molecular weight excluding hydrogens is 202 g/mol. The van der Waals surface area contributed by atoms with Gasteiger partial charge in [-0.25, -0.2) is 4.68 Å². The van der Waals surface area contributed by atoms with E-state index in [2.05, 4.69) is 15.7 Å². The number of halogens is 1. The van der Waals surface area contributed by atoms with E-state index < -0.39 is 0 Å². The van der Waals surface area contributed by atoms with Gasteiger partial charge in [0.1, 0.15) is 0 Å². The van der Waals surface area contributed by atoms with E-state index in [9.17, 15) is 0 Å². The smallest absolute Gasteiger partial charge is 0.0697 e. The zero-order chi connectivity index (χ0) is 9.10. The summed E-state index contributed by atoms with van der Waals surface area (Å²) in [4.78, 5) is 0. The number of anilines is 1. The average molecular weight is 212 g/mol. The highest BCUT2D eigenvalue weighted by atomic mass is 35.5. The lowest BCUT2D eigenvalue weighted by molar-refractivity contribution is 0.803. The van der Waals surface area contributed by atoms with Gasteiger partial charge < -0.3 is 5.43 Å². The normalized spacial score (nSPS) is 9.21. The molecule has 0 aliphatic heterocycles. The molecule has 1 aromatic heterocycles. The average Bonchev–Trinajstić information content (AvgIpc) is 2.71. The van der Waals surface area contributed by atoms with Gasteiger partial charge >= 0.3 is 0 Å². The lowest BCUT2D eigenvalue weighted by atomic mass is 10.3. The van der Waals surface area contributed by atoms with Crippen LogP contribution >= 0.6 is 12.4 Å². The van der Waals surface area contributed by atoms with Gasteiger partial charge in [-0.3, -0.25) is 5.84 Å². The van der Waals surface area contributed by atoms with Crippen LogP contribution in [0.4, 0.5) is 5.69 Å². The monoisotopic (exact) mass is 211 g/mol. The number of hydrogen-bond donors (Lipinski definition) is 2. The summed E-state index contributed by atoms with van der Waals surface area (Å²) in [6, 6.07) is 7.56. The van der Waals surface area contributed by atoms with Crippen LogP contribution in [0.2, 0.25) is 0 Å². The molecule has 14 heavy (non-hydrogen) atoms. The van der Waals surface area contributed by atoms with Gasteiger partial charge in [-0.1, -0.05) is 5.21 Å². The Morgan fingerprint density at radius 1 is 1.21 bits per heavy atom. The molecule has 2 aromatic rings. The van der Waals surface area contributed by atoms with Crippen molar-refractivity contribution < 1.29 is 0 Å². The molecule has 5 nitrogen and oxygen atoms in total. The largest absolute Gasteiger partial charge is 0.324 e. The molecule has 74 valence electrons. The van der Waals surface area contributed by atoms with Crippen molar-refractivity contribution in [1.82, 2.24) is 15.0 Å². The highest BCUT2D eigenvalue weighted by Gasteiger charge is 1.95. The van der Waals surface area contributed by atoms with Crippen molar-refractivity contribution in [2.24, 2.45) is 5.84 Å². The molecule has 0 saturated carbocycles. The van der Waals surface area contributed by atoms with Gasteiger partial charge in [-0.05, 0) is 24.3 Å². The van der Waals surface area contributed by atoms with Crippen molar-refractivity contribution in [1.29, 1.82) is 0 Å². The van der Waals surface area contributed by atoms with E-state index >= 15 is 0 Å². The fourth-order valence-electron chi connectivity index (χ4n) is 1.06. The maximum Gasteiger partial charge on any atom is 0.0697 e. The lowest BCUT2D eigenvalue weighted by Gasteiger charge is -2.01. The number of hydrazine groups is 1. The highest BCUT2D eigenvalue weighted by Crippen LogP contribution is 2.10. The molecule has 0 aliphatic carbocycles. The Bertz CT molecular complexity index is 369. The molecule has 0 unspecified atom stereocenters. The van der Waals surface area contributed by atoms with E-state index in [1.54, 1.807) is 17.1 Å². The summed E-state index contributed by atoms with van der Waals surface area (Å²) >= 11 is 0. The van der Waals surface area contributed by atoms with Crippen LogP contribution in [0.5, 0.6) is 0 Å². The second-order valence-corrected chi connectivity index (χ2v) is 2.54. The third-order valence-electron chi connectivity index (χ3n) is 1.72. The molecule has 0 fully saturated rings. The van der Waals surface area contributed by atoms with E-state index in [1.165, 1.54) is 0 Å². The molecular formula is C8H10ClN5. The summed E-state index contributed by atoms with van der Waals surface area (Å²) in [6.07, 6.45) is 3.42. The van der Waals surface area contributed by atoms with Crippen LogP contribution in [0.3, 0.4) is 0 Å². The maximum atomic E-state index is 5.23. The Labute approximate surface area is 87.3 Å². The summed E-state index contributed by atoms with van der Waals surface area (Å²) in [7, 11) is 0. The van der Waals surface area contributed by atoms with Crippen LogP contribution in [0.1, 0.15) is 0 Å². The number of benzene rings is 1. The number of nitrogens with one attached hydrogen (secondary N) is 1. The first-order valence-corrected chi connectivity index (χ1v) is 3.83. The van der Waals surface area contributed by atoms with Crippen molar-refractivity contribution in [2.75, 3.05) is 5.43 Å². The fourth-order valence-corrected chi connectivity index (χ4v) is 1.06. The maximum absolute atomic E-state index is 5.23. The fraction of sp³-hybridized carbons (Fsp3) is 0. The second kappa shape index (κ2) is 4.59. The second-order valence-electron chi connectivity index (χ2n) is 2.54. The van der Waals surface area contributed by atoms with Crippen LogP contribution in [0.25, 0.3) is 5.69 Å². The summed E-state index contributed by atoms with van der Waals surface area (Å²) in [5.74, 6) is 5.23. The lowest BCUT2D eigenvalue weighted by Crippen LogP contribution is -2.06. The zero-order valence-corrected chi connectivity index (χ0v) is 8.11. The number of nitrogens with zero attached hydrogens (tertiary/aromatic N) is 3. The van der Waals surface area contributed by atoms with Crippen LogP contribution in [0.15, 0.2) is 36.7 Å². The quantitative estimate of drug-likeness (QED) is 0.574. The van der Waals surface area contributed by atoms with Gasteiger partial charge in [0.05, 0.1) is 18.1 Å². The van der Waals surface area contributed by atoms with E-state index in [4.69, 9.17) is 5.84 Å². The third kappa shape index (κ3) is 2.01. The van der Waals surface area contributed by atoms with Crippen molar-refractivity contribution in [3.8, 4) is 5.69 Å². The number of hydrogen-bond acceptors (Lipinski definition) is 4. The minimum atomic E-state index is 0. The topological polar surface area (TPSA) is 68.8 Å². The van der Waals surface area contributed by atoms with Gasteiger partial charge in [0.25, 0.3) is 0 Å². The molecule has 0 atom stereocenters. The molecule has 0 bridgehead atoms. The van der Waals surface area contributed by atoms with Crippen molar-refractivity contribution >= 4 is 18.1 Å². The predicted octanol–water partition coefficient (Wildman–Crippen LogP) is 0.975. The highest BCUT2D eigenvalue weighted by molar-refractivity contribution is 5.85. The summed E-state index contributed by atoms with van der Waals surface area (Å²) in [6.45, 7) is 0. The van der Waals surface area contributed by atoms with E-state index in [0.29, 0.717) is 0 Å². The molecule has 0 spiro atoms. The Morgan fingerprint density at radius 3 is 2.43 bits per heavy atom. The zero-order valence-electron chi connectivity index (χ0n) is 7.29. The van der Waals surface area contributed by atoms with Crippen molar-refractivity contribution in [3.63, 3.8) is 0 Å². The summed E-state index contributed by atoms with van der Waals surface area (Å²) < 4.78 is 1.68. The summed E-state index contributed by atoms with van der Waals surface area (Å²) in [5.41, 5.74) is 4.37. The van der Waals surface area contributed by atoms with Crippen LogP contribution in [-0.4, -0.2) is 15.0 Å². The van der Waals surface area contributed by atoms with Gasteiger partial charge in [0, 0.05) is 5.69 Å². The standard InChI is InChI=1S/C8H9N5.ClH/c9-11-7-1-3-8(4-2-7)13-6-5-10-12-13;/h1-6,11H,9H2;1H.